The van der Waals surface area contributed by atoms with Crippen LogP contribution in [0.1, 0.15) is 142 Å². The molecule has 0 aromatic rings. The van der Waals surface area contributed by atoms with Crippen LogP contribution >= 0.6 is 7.82 Å². The van der Waals surface area contributed by atoms with Crippen LogP contribution < -0.4 is 0 Å². The van der Waals surface area contributed by atoms with E-state index in [4.69, 9.17) is 19.1 Å². The van der Waals surface area contributed by atoms with Gasteiger partial charge in [0.1, 0.15) is 12.7 Å². The molecule has 0 fully saturated rings. The van der Waals surface area contributed by atoms with Gasteiger partial charge in [0.15, 0.2) is 6.10 Å². The normalized spacial score (nSPS) is 15.7. The summed E-state index contributed by atoms with van der Waals surface area (Å²) in [4.78, 5) is 35.0. The van der Waals surface area contributed by atoms with Crippen molar-refractivity contribution < 1.29 is 58.0 Å². The maximum atomic E-state index is 12.6. The first-order chi connectivity index (χ1) is 28.5. The summed E-state index contributed by atoms with van der Waals surface area (Å²) in [5.41, 5.74) is 0. The van der Waals surface area contributed by atoms with Gasteiger partial charge in [0.25, 0.3) is 0 Å². The van der Waals surface area contributed by atoms with E-state index in [0.717, 1.165) is 57.8 Å². The van der Waals surface area contributed by atoms with Crippen LogP contribution in [0.15, 0.2) is 85.1 Å². The summed E-state index contributed by atoms with van der Waals surface area (Å²) >= 11 is 0. The predicted octanol–water partition coefficient (Wildman–Crippen LogP) is 9.39. The van der Waals surface area contributed by atoms with Crippen molar-refractivity contribution >= 4 is 19.8 Å². The molecule has 0 rings (SSSR count). The quantitative estimate of drug-likeness (QED) is 0.0130. The van der Waals surface area contributed by atoms with Crippen molar-refractivity contribution in [2.24, 2.45) is 0 Å². The Morgan fingerprint density at radius 2 is 1.12 bits per heavy atom. The Morgan fingerprint density at radius 3 is 1.73 bits per heavy atom. The van der Waals surface area contributed by atoms with Crippen LogP contribution in [0.2, 0.25) is 0 Å². The molecule has 0 heterocycles. The van der Waals surface area contributed by atoms with E-state index < -0.39 is 70.6 Å². The van der Waals surface area contributed by atoms with E-state index in [9.17, 15) is 34.4 Å². The van der Waals surface area contributed by atoms with Crippen LogP contribution in [-0.2, 0) is 32.7 Å². The number of allylic oxidation sites excluding steroid dienone is 11. The van der Waals surface area contributed by atoms with Gasteiger partial charge >= 0.3 is 19.8 Å². The molecule has 0 aliphatic heterocycles. The lowest BCUT2D eigenvalue weighted by Gasteiger charge is -2.20. The summed E-state index contributed by atoms with van der Waals surface area (Å²) in [5, 5.41) is 38.6. The smallest absolute Gasteiger partial charge is 0.462 e. The fraction of sp³-hybridized carbons (Fsp3) is 0.652. The lowest BCUT2D eigenvalue weighted by Crippen LogP contribution is -2.30. The molecule has 0 aliphatic carbocycles. The third-order valence-electron chi connectivity index (χ3n) is 8.71. The fourth-order valence-corrected chi connectivity index (χ4v) is 6.04. The number of aliphatic hydroxyl groups is 4. The Morgan fingerprint density at radius 1 is 0.593 bits per heavy atom. The second-order valence-corrected chi connectivity index (χ2v) is 15.9. The minimum Gasteiger partial charge on any atom is -0.462 e. The molecular formula is C46H77O12P. The van der Waals surface area contributed by atoms with E-state index in [1.807, 2.05) is 6.08 Å². The van der Waals surface area contributed by atoms with E-state index in [-0.39, 0.29) is 25.7 Å². The average molecular weight is 853 g/mol. The highest BCUT2D eigenvalue weighted by Gasteiger charge is 2.27. The van der Waals surface area contributed by atoms with Gasteiger partial charge in [-0.05, 0) is 77.0 Å². The lowest BCUT2D eigenvalue weighted by molar-refractivity contribution is -0.161. The largest absolute Gasteiger partial charge is 0.472 e. The van der Waals surface area contributed by atoms with Crippen molar-refractivity contribution in [2.45, 2.75) is 167 Å². The van der Waals surface area contributed by atoms with Crippen molar-refractivity contribution in [2.75, 3.05) is 26.4 Å². The summed E-state index contributed by atoms with van der Waals surface area (Å²) in [6, 6.07) is 0. The molecule has 12 nitrogen and oxygen atoms in total. The van der Waals surface area contributed by atoms with Crippen LogP contribution in [-0.4, -0.2) is 88.1 Å². The number of hydrogen-bond acceptors (Lipinski definition) is 11. The van der Waals surface area contributed by atoms with Gasteiger partial charge in [0, 0.05) is 12.8 Å². The highest BCUT2D eigenvalue weighted by Crippen LogP contribution is 2.43. The molecule has 0 aromatic heterocycles. The summed E-state index contributed by atoms with van der Waals surface area (Å²) in [6.45, 7) is 1.96. The molecule has 0 saturated heterocycles. The first-order valence-corrected chi connectivity index (χ1v) is 23.3. The predicted molar refractivity (Wildman–Crippen MR) is 235 cm³/mol. The van der Waals surface area contributed by atoms with Gasteiger partial charge in [0.2, 0.25) is 0 Å². The van der Waals surface area contributed by atoms with E-state index in [0.29, 0.717) is 12.8 Å². The SMILES string of the molecule is CCCCC/C=C\C/C=C\C/C=C\CCCCCCC(=O)OC[C@H](COP(=O)(O)OC[C@@H](O)CO)OC(=O)CCC[C@@H](O)\C=C/C=C/C=C/[C@@H](O)C/C=C\CCCCC. The zero-order valence-corrected chi connectivity index (χ0v) is 36.8. The number of aliphatic hydroxyl groups excluding tert-OH is 4. The standard InChI is InChI=1S/C46H77O12P/c1-3-5-7-9-11-12-13-14-15-16-17-18-19-20-21-23-29-35-45(51)55-39-44(40-57-59(53,54)56-38-43(50)37-47)58-46(52)36-30-34-42(49)33-28-25-24-27-32-41(48)31-26-22-10-8-6-4-2/h11-12,14-15,17-18,22,24-28,32-33,41-44,47-50H,3-10,13,16,19-21,23,29-31,34-40H2,1-2H3,(H,53,54)/b12-11-,15-14-,18-17-,25-24+,26-22-,32-27+,33-28-/t41-,42-,43-,44+/m0/s1. The van der Waals surface area contributed by atoms with Crippen molar-refractivity contribution in [3.05, 3.63) is 85.1 Å². The Labute approximate surface area is 355 Å². The van der Waals surface area contributed by atoms with Gasteiger partial charge in [-0.15, -0.1) is 0 Å². The van der Waals surface area contributed by atoms with Crippen LogP contribution in [0.4, 0.5) is 0 Å². The minimum atomic E-state index is -4.70. The molecule has 59 heavy (non-hydrogen) atoms. The van der Waals surface area contributed by atoms with Crippen molar-refractivity contribution in [3.63, 3.8) is 0 Å². The Balaban J connectivity index is 4.62. The fourth-order valence-electron chi connectivity index (χ4n) is 5.25. The second-order valence-electron chi connectivity index (χ2n) is 14.4. The average Bonchev–Trinajstić information content (AvgIpc) is 3.21. The summed E-state index contributed by atoms with van der Waals surface area (Å²) in [6.07, 6.45) is 40.3. The summed E-state index contributed by atoms with van der Waals surface area (Å²) < 4.78 is 32.5. The zero-order valence-electron chi connectivity index (χ0n) is 35.9. The Hall–Kier alpha value is -2.93. The van der Waals surface area contributed by atoms with E-state index in [1.165, 1.54) is 32.1 Å². The number of esters is 2. The lowest BCUT2D eigenvalue weighted by atomic mass is 10.1. The molecule has 5 atom stereocenters. The molecule has 0 bridgehead atoms. The number of rotatable bonds is 39. The van der Waals surface area contributed by atoms with Gasteiger partial charge < -0.3 is 34.8 Å². The van der Waals surface area contributed by atoms with E-state index in [2.05, 4.69) is 60.9 Å². The zero-order chi connectivity index (χ0) is 43.7. The summed E-state index contributed by atoms with van der Waals surface area (Å²) in [5.74, 6) is -1.20. The summed E-state index contributed by atoms with van der Waals surface area (Å²) in [7, 11) is -4.70. The van der Waals surface area contributed by atoms with E-state index >= 15 is 0 Å². The molecular weight excluding hydrogens is 775 g/mol. The third-order valence-corrected chi connectivity index (χ3v) is 9.66. The van der Waals surface area contributed by atoms with Gasteiger partial charge in [-0.25, -0.2) is 4.57 Å². The van der Waals surface area contributed by atoms with Gasteiger partial charge in [-0.2, -0.15) is 0 Å². The maximum absolute atomic E-state index is 12.6. The first kappa shape index (κ1) is 56.1. The van der Waals surface area contributed by atoms with E-state index in [1.54, 1.807) is 36.5 Å². The van der Waals surface area contributed by atoms with Crippen LogP contribution in [0.3, 0.4) is 0 Å². The molecule has 0 spiro atoms. The van der Waals surface area contributed by atoms with Crippen LogP contribution in [0.5, 0.6) is 0 Å². The van der Waals surface area contributed by atoms with Crippen molar-refractivity contribution in [3.8, 4) is 0 Å². The molecule has 1 unspecified atom stereocenters. The minimum absolute atomic E-state index is 0.0857. The van der Waals surface area contributed by atoms with Crippen molar-refractivity contribution in [1.82, 2.24) is 0 Å². The number of carbonyl (C=O) groups excluding carboxylic acids is 2. The van der Waals surface area contributed by atoms with Crippen LogP contribution in [0.25, 0.3) is 0 Å². The molecule has 338 valence electrons. The number of unbranched alkanes of at least 4 members (excludes halogenated alkanes) is 10. The maximum Gasteiger partial charge on any atom is 0.472 e. The first-order valence-electron chi connectivity index (χ1n) is 21.8. The number of phosphoric acid groups is 1. The molecule has 0 saturated carbocycles. The third kappa shape index (κ3) is 40.3. The molecule has 0 aliphatic rings. The number of hydrogen-bond donors (Lipinski definition) is 5. The van der Waals surface area contributed by atoms with Crippen molar-refractivity contribution in [1.29, 1.82) is 0 Å². The highest BCUT2D eigenvalue weighted by molar-refractivity contribution is 7.47. The monoisotopic (exact) mass is 853 g/mol. The Kier molecular flexibility index (Phi) is 38.5. The highest BCUT2D eigenvalue weighted by atomic mass is 31.2. The number of carbonyl (C=O) groups is 2. The molecule has 0 radical (unpaired) electrons. The number of phosphoric ester groups is 1. The molecule has 0 aromatic carbocycles. The molecule has 13 heteroatoms. The molecule has 0 amide bonds. The topological polar surface area (TPSA) is 189 Å². The molecule has 5 N–H and O–H groups in total. The van der Waals surface area contributed by atoms with Gasteiger partial charge in [0.05, 0.1) is 32.0 Å². The second kappa shape index (κ2) is 40.5. The van der Waals surface area contributed by atoms with Gasteiger partial charge in [-0.1, -0.05) is 137 Å². The number of ether oxygens (including phenoxy) is 2. The Bertz CT molecular complexity index is 1290. The van der Waals surface area contributed by atoms with Gasteiger partial charge in [-0.3, -0.25) is 18.6 Å². The van der Waals surface area contributed by atoms with Crippen LogP contribution in [0, 0.1) is 0 Å².